The average molecular weight is 288 g/mol. The molecular formula is C17H24N2O2. The fourth-order valence-electron chi connectivity index (χ4n) is 2.17. The monoisotopic (exact) mass is 288 g/mol. The molecule has 4 heteroatoms. The maximum absolute atomic E-state index is 11.7. The van der Waals surface area contributed by atoms with Gasteiger partial charge in [0.2, 0.25) is 11.8 Å². The number of hydrogen-bond acceptors (Lipinski definition) is 2. The summed E-state index contributed by atoms with van der Waals surface area (Å²) in [6.45, 7) is 2.64. The molecule has 0 aromatic heterocycles. The Morgan fingerprint density at radius 3 is 2.76 bits per heavy atom. The van der Waals surface area contributed by atoms with Gasteiger partial charge in [0.25, 0.3) is 0 Å². The van der Waals surface area contributed by atoms with Crippen molar-refractivity contribution in [3.05, 3.63) is 29.8 Å². The van der Waals surface area contributed by atoms with E-state index in [9.17, 15) is 9.59 Å². The van der Waals surface area contributed by atoms with Crippen molar-refractivity contribution >= 4 is 17.5 Å². The van der Waals surface area contributed by atoms with Crippen LogP contribution < -0.4 is 10.6 Å². The van der Waals surface area contributed by atoms with Crippen LogP contribution in [0.1, 0.15) is 51.0 Å². The van der Waals surface area contributed by atoms with Crippen LogP contribution in [-0.4, -0.2) is 11.8 Å². The van der Waals surface area contributed by atoms with Gasteiger partial charge in [0, 0.05) is 24.6 Å². The van der Waals surface area contributed by atoms with Crippen molar-refractivity contribution in [1.29, 1.82) is 0 Å². The van der Waals surface area contributed by atoms with E-state index in [-0.39, 0.29) is 17.7 Å². The highest BCUT2D eigenvalue weighted by molar-refractivity contribution is 5.94. The molecule has 1 aliphatic carbocycles. The van der Waals surface area contributed by atoms with Crippen molar-refractivity contribution < 1.29 is 9.59 Å². The lowest BCUT2D eigenvalue weighted by molar-refractivity contribution is -0.121. The summed E-state index contributed by atoms with van der Waals surface area (Å²) in [7, 11) is 0. The number of nitrogens with one attached hydrogen (secondary N) is 2. The zero-order valence-electron chi connectivity index (χ0n) is 12.7. The summed E-state index contributed by atoms with van der Waals surface area (Å²) in [5.41, 5.74) is 1.82. The maximum Gasteiger partial charge on any atom is 0.227 e. The van der Waals surface area contributed by atoms with Crippen molar-refractivity contribution in [2.24, 2.45) is 5.92 Å². The van der Waals surface area contributed by atoms with Crippen molar-refractivity contribution in [2.45, 2.75) is 52.0 Å². The molecule has 2 N–H and O–H groups in total. The molecule has 2 rings (SSSR count). The number of amides is 2. The Balaban J connectivity index is 1.77. The lowest BCUT2D eigenvalue weighted by Gasteiger charge is -2.08. The van der Waals surface area contributed by atoms with Gasteiger partial charge in [-0.2, -0.15) is 0 Å². The van der Waals surface area contributed by atoms with Gasteiger partial charge in [-0.05, 0) is 37.0 Å². The lowest BCUT2D eigenvalue weighted by atomic mass is 10.1. The van der Waals surface area contributed by atoms with E-state index in [0.717, 1.165) is 43.4 Å². The third-order valence-electron chi connectivity index (χ3n) is 3.64. The van der Waals surface area contributed by atoms with Gasteiger partial charge in [0.15, 0.2) is 0 Å². The fraction of sp³-hybridized carbons (Fsp3) is 0.529. The summed E-state index contributed by atoms with van der Waals surface area (Å²) in [4.78, 5) is 23.4. The molecule has 1 aliphatic rings. The SMILES string of the molecule is CCCCCC(=O)NCc1cccc(NC(=O)C2CC2)c1. The molecule has 0 atom stereocenters. The molecule has 0 radical (unpaired) electrons. The predicted octanol–water partition coefficient (Wildman–Crippen LogP) is 3.23. The minimum Gasteiger partial charge on any atom is -0.352 e. The molecule has 114 valence electrons. The first kappa shape index (κ1) is 15.5. The fourth-order valence-corrected chi connectivity index (χ4v) is 2.17. The van der Waals surface area contributed by atoms with Crippen LogP contribution in [0.15, 0.2) is 24.3 Å². The normalized spacial score (nSPS) is 13.8. The van der Waals surface area contributed by atoms with Gasteiger partial charge in [0.1, 0.15) is 0 Å². The van der Waals surface area contributed by atoms with Gasteiger partial charge in [-0.25, -0.2) is 0 Å². The van der Waals surface area contributed by atoms with Crippen LogP contribution in [0.2, 0.25) is 0 Å². The van der Waals surface area contributed by atoms with E-state index in [2.05, 4.69) is 17.6 Å². The van der Waals surface area contributed by atoms with Gasteiger partial charge < -0.3 is 10.6 Å². The molecule has 0 bridgehead atoms. The maximum atomic E-state index is 11.7. The van der Waals surface area contributed by atoms with Gasteiger partial charge >= 0.3 is 0 Å². The summed E-state index contributed by atoms with van der Waals surface area (Å²) in [6, 6.07) is 7.67. The second-order valence-corrected chi connectivity index (χ2v) is 5.70. The molecule has 0 saturated heterocycles. The second-order valence-electron chi connectivity index (χ2n) is 5.70. The molecule has 0 aliphatic heterocycles. The highest BCUT2D eigenvalue weighted by Crippen LogP contribution is 2.30. The van der Waals surface area contributed by atoms with Gasteiger partial charge in [-0.3, -0.25) is 9.59 Å². The van der Waals surface area contributed by atoms with E-state index in [1.165, 1.54) is 0 Å². The Kier molecular flexibility index (Phi) is 5.78. The van der Waals surface area contributed by atoms with E-state index in [4.69, 9.17) is 0 Å². The number of benzene rings is 1. The number of carbonyl (C=O) groups is 2. The van der Waals surface area contributed by atoms with Crippen LogP contribution >= 0.6 is 0 Å². The first-order valence-electron chi connectivity index (χ1n) is 7.85. The average Bonchev–Trinajstić information content (AvgIpc) is 3.30. The molecule has 1 fully saturated rings. The Hall–Kier alpha value is -1.84. The molecular weight excluding hydrogens is 264 g/mol. The summed E-state index contributed by atoms with van der Waals surface area (Å²) in [5, 5.41) is 5.84. The van der Waals surface area contributed by atoms with Crippen molar-refractivity contribution in [3.8, 4) is 0 Å². The van der Waals surface area contributed by atoms with Crippen LogP contribution in [0.3, 0.4) is 0 Å². The number of hydrogen-bond donors (Lipinski definition) is 2. The van der Waals surface area contributed by atoms with Crippen LogP contribution in [0.5, 0.6) is 0 Å². The number of carbonyl (C=O) groups excluding carboxylic acids is 2. The first-order valence-corrected chi connectivity index (χ1v) is 7.85. The molecule has 0 unspecified atom stereocenters. The van der Waals surface area contributed by atoms with Crippen LogP contribution in [0.25, 0.3) is 0 Å². The topological polar surface area (TPSA) is 58.2 Å². The Morgan fingerprint density at radius 2 is 2.05 bits per heavy atom. The lowest BCUT2D eigenvalue weighted by Crippen LogP contribution is -2.22. The summed E-state index contributed by atoms with van der Waals surface area (Å²) < 4.78 is 0. The van der Waals surface area contributed by atoms with Crippen molar-refractivity contribution in [3.63, 3.8) is 0 Å². The van der Waals surface area contributed by atoms with Crippen molar-refractivity contribution in [2.75, 3.05) is 5.32 Å². The van der Waals surface area contributed by atoms with Crippen molar-refractivity contribution in [1.82, 2.24) is 5.32 Å². The molecule has 1 saturated carbocycles. The highest BCUT2D eigenvalue weighted by Gasteiger charge is 2.29. The van der Waals surface area contributed by atoms with E-state index < -0.39 is 0 Å². The van der Waals surface area contributed by atoms with Gasteiger partial charge in [-0.15, -0.1) is 0 Å². The largest absolute Gasteiger partial charge is 0.352 e. The minimum atomic E-state index is 0.0934. The zero-order valence-corrected chi connectivity index (χ0v) is 12.7. The van der Waals surface area contributed by atoms with E-state index in [1.807, 2.05) is 24.3 Å². The molecule has 2 amide bonds. The smallest absolute Gasteiger partial charge is 0.227 e. The molecule has 21 heavy (non-hydrogen) atoms. The first-order chi connectivity index (χ1) is 10.2. The van der Waals surface area contributed by atoms with E-state index in [1.54, 1.807) is 0 Å². The third-order valence-corrected chi connectivity index (χ3v) is 3.64. The molecule has 1 aromatic rings. The number of rotatable bonds is 8. The summed E-state index contributed by atoms with van der Waals surface area (Å²) >= 11 is 0. The zero-order chi connectivity index (χ0) is 15.1. The molecule has 1 aromatic carbocycles. The Bertz CT molecular complexity index is 495. The van der Waals surface area contributed by atoms with Crippen LogP contribution in [0, 0.1) is 5.92 Å². The van der Waals surface area contributed by atoms with Crippen LogP contribution in [0.4, 0.5) is 5.69 Å². The second kappa shape index (κ2) is 7.81. The number of unbranched alkanes of at least 4 members (excludes halogenated alkanes) is 2. The van der Waals surface area contributed by atoms with Gasteiger partial charge in [-0.1, -0.05) is 31.9 Å². The Morgan fingerprint density at radius 1 is 1.24 bits per heavy atom. The predicted molar refractivity (Wildman–Crippen MR) is 83.8 cm³/mol. The molecule has 4 nitrogen and oxygen atoms in total. The molecule has 0 heterocycles. The van der Waals surface area contributed by atoms with Gasteiger partial charge in [0.05, 0.1) is 0 Å². The van der Waals surface area contributed by atoms with Crippen LogP contribution in [-0.2, 0) is 16.1 Å². The molecule has 0 spiro atoms. The Labute approximate surface area is 126 Å². The standard InChI is InChI=1S/C17H24N2O2/c1-2-3-4-8-16(20)18-12-13-6-5-7-15(11-13)19-17(21)14-9-10-14/h5-7,11,14H,2-4,8-10,12H2,1H3,(H,18,20)(H,19,21). The quantitative estimate of drug-likeness (QED) is 0.721. The highest BCUT2D eigenvalue weighted by atomic mass is 16.2. The number of anilines is 1. The summed E-state index contributed by atoms with van der Waals surface area (Å²) in [5.74, 6) is 0.401. The van der Waals surface area contributed by atoms with E-state index >= 15 is 0 Å². The summed E-state index contributed by atoms with van der Waals surface area (Å²) in [6.07, 6.45) is 5.75. The third kappa shape index (κ3) is 5.58. The van der Waals surface area contributed by atoms with E-state index in [0.29, 0.717) is 13.0 Å². The minimum absolute atomic E-state index is 0.0934.